The highest BCUT2D eigenvalue weighted by atomic mass is 16.5. The van der Waals surface area contributed by atoms with E-state index in [2.05, 4.69) is 0 Å². The minimum Gasteiger partial charge on any atom is -0.463 e. The van der Waals surface area contributed by atoms with Gasteiger partial charge >= 0.3 is 5.97 Å². The van der Waals surface area contributed by atoms with Crippen LogP contribution in [-0.4, -0.2) is 12.6 Å². The molecule has 2 aliphatic rings. The molecule has 0 N–H and O–H groups in total. The van der Waals surface area contributed by atoms with Crippen LogP contribution >= 0.6 is 0 Å². The summed E-state index contributed by atoms with van der Waals surface area (Å²) in [6.45, 7) is 2.35. The van der Waals surface area contributed by atoms with E-state index in [1.807, 2.05) is 13.0 Å². The number of rotatable bonds is 3. The highest BCUT2D eigenvalue weighted by Gasteiger charge is 2.28. The minimum absolute atomic E-state index is 0.129. The van der Waals surface area contributed by atoms with E-state index in [0.29, 0.717) is 12.5 Å². The molecular formula is C16H26O2. The van der Waals surface area contributed by atoms with Crippen molar-refractivity contribution in [2.24, 2.45) is 11.8 Å². The van der Waals surface area contributed by atoms with Crippen molar-refractivity contribution in [2.45, 2.75) is 64.7 Å². The first-order chi connectivity index (χ1) is 8.81. The zero-order valence-corrected chi connectivity index (χ0v) is 11.6. The van der Waals surface area contributed by atoms with Gasteiger partial charge in [-0.05, 0) is 50.9 Å². The monoisotopic (exact) mass is 250 g/mol. The van der Waals surface area contributed by atoms with Gasteiger partial charge in [-0.15, -0.1) is 0 Å². The van der Waals surface area contributed by atoms with Crippen LogP contribution in [0, 0.1) is 11.8 Å². The lowest BCUT2D eigenvalue weighted by atomic mass is 9.71. The van der Waals surface area contributed by atoms with Crippen LogP contribution in [0.1, 0.15) is 64.7 Å². The molecule has 2 rings (SSSR count). The summed E-state index contributed by atoms with van der Waals surface area (Å²) in [5.41, 5.74) is 1.38. The van der Waals surface area contributed by atoms with E-state index in [9.17, 15) is 4.79 Å². The molecule has 102 valence electrons. The minimum atomic E-state index is -0.129. The fourth-order valence-corrected chi connectivity index (χ4v) is 3.65. The van der Waals surface area contributed by atoms with Crippen LogP contribution < -0.4 is 0 Å². The molecule has 2 fully saturated rings. The van der Waals surface area contributed by atoms with Gasteiger partial charge in [-0.25, -0.2) is 4.79 Å². The number of esters is 1. The van der Waals surface area contributed by atoms with Crippen LogP contribution in [0.15, 0.2) is 11.6 Å². The first kappa shape index (κ1) is 13.6. The summed E-state index contributed by atoms with van der Waals surface area (Å²) >= 11 is 0. The molecule has 18 heavy (non-hydrogen) atoms. The zero-order chi connectivity index (χ0) is 12.8. The van der Waals surface area contributed by atoms with Gasteiger partial charge in [0, 0.05) is 6.08 Å². The summed E-state index contributed by atoms with van der Waals surface area (Å²) in [6, 6.07) is 0. The van der Waals surface area contributed by atoms with Crippen LogP contribution in [0.2, 0.25) is 0 Å². The standard InChI is InChI=1S/C16H26O2/c1-2-18-16(17)12-14-10-6-7-11-15(14)13-8-4-3-5-9-13/h12-13,15H,2-11H2,1H3/b14-12-. The molecule has 0 aromatic heterocycles. The molecule has 0 spiro atoms. The van der Waals surface area contributed by atoms with Gasteiger partial charge in [0.05, 0.1) is 6.61 Å². The second kappa shape index (κ2) is 6.96. The average molecular weight is 250 g/mol. The van der Waals surface area contributed by atoms with E-state index in [4.69, 9.17) is 4.74 Å². The van der Waals surface area contributed by atoms with Crippen molar-refractivity contribution < 1.29 is 9.53 Å². The fraction of sp³-hybridized carbons (Fsp3) is 0.812. The molecule has 0 heterocycles. The van der Waals surface area contributed by atoms with Crippen molar-refractivity contribution in [2.75, 3.05) is 6.61 Å². The second-order valence-electron chi connectivity index (χ2n) is 5.72. The summed E-state index contributed by atoms with van der Waals surface area (Å²) in [7, 11) is 0. The molecule has 0 saturated heterocycles. The first-order valence-electron chi connectivity index (χ1n) is 7.68. The number of hydrogen-bond acceptors (Lipinski definition) is 2. The summed E-state index contributed by atoms with van der Waals surface area (Å²) < 4.78 is 5.06. The van der Waals surface area contributed by atoms with Gasteiger partial charge in [-0.3, -0.25) is 0 Å². The van der Waals surface area contributed by atoms with Crippen molar-refractivity contribution in [1.82, 2.24) is 0 Å². The van der Waals surface area contributed by atoms with Crippen molar-refractivity contribution >= 4 is 5.97 Å². The van der Waals surface area contributed by atoms with Crippen molar-refractivity contribution in [3.8, 4) is 0 Å². The molecule has 0 amide bonds. The Labute approximate surface area is 111 Å². The molecule has 0 bridgehead atoms. The normalized spacial score (nSPS) is 28.3. The summed E-state index contributed by atoms with van der Waals surface area (Å²) in [4.78, 5) is 11.6. The number of allylic oxidation sites excluding steroid dienone is 1. The molecule has 0 aliphatic heterocycles. The molecule has 1 atom stereocenters. The predicted molar refractivity (Wildman–Crippen MR) is 73.2 cm³/mol. The topological polar surface area (TPSA) is 26.3 Å². The van der Waals surface area contributed by atoms with E-state index in [1.165, 1.54) is 56.9 Å². The zero-order valence-electron chi connectivity index (χ0n) is 11.6. The predicted octanol–water partition coefficient (Wildman–Crippen LogP) is 4.25. The third-order valence-electron chi connectivity index (χ3n) is 4.52. The number of carbonyl (C=O) groups excluding carboxylic acids is 1. The maximum atomic E-state index is 11.6. The quantitative estimate of drug-likeness (QED) is 0.553. The molecule has 0 aromatic carbocycles. The Bertz CT molecular complexity index is 300. The molecule has 2 saturated carbocycles. The Kier molecular flexibility index (Phi) is 5.27. The van der Waals surface area contributed by atoms with Crippen LogP contribution in [0.3, 0.4) is 0 Å². The van der Waals surface area contributed by atoms with Crippen LogP contribution in [-0.2, 0) is 9.53 Å². The Morgan fingerprint density at radius 2 is 1.89 bits per heavy atom. The van der Waals surface area contributed by atoms with E-state index in [0.717, 1.165) is 12.3 Å². The highest BCUT2D eigenvalue weighted by Crippen LogP contribution is 2.41. The van der Waals surface area contributed by atoms with Gasteiger partial charge in [0.15, 0.2) is 0 Å². The lowest BCUT2D eigenvalue weighted by Crippen LogP contribution is -2.23. The largest absolute Gasteiger partial charge is 0.463 e. The summed E-state index contributed by atoms with van der Waals surface area (Å²) in [5.74, 6) is 1.37. The van der Waals surface area contributed by atoms with Crippen LogP contribution in [0.25, 0.3) is 0 Å². The van der Waals surface area contributed by atoms with Crippen LogP contribution in [0.5, 0.6) is 0 Å². The van der Waals surface area contributed by atoms with E-state index in [-0.39, 0.29) is 5.97 Å². The Hall–Kier alpha value is -0.790. The average Bonchev–Trinajstić information content (AvgIpc) is 2.40. The van der Waals surface area contributed by atoms with Gasteiger partial charge in [0.1, 0.15) is 0 Å². The summed E-state index contributed by atoms with van der Waals surface area (Å²) in [5, 5.41) is 0. The number of ether oxygens (including phenoxy) is 1. The molecule has 0 aromatic rings. The smallest absolute Gasteiger partial charge is 0.330 e. The third-order valence-corrected chi connectivity index (χ3v) is 4.52. The SMILES string of the molecule is CCOC(=O)/C=C1/CCCCC1C1CCCCC1. The summed E-state index contributed by atoms with van der Waals surface area (Å²) in [6.07, 6.45) is 13.7. The molecule has 2 aliphatic carbocycles. The molecular weight excluding hydrogens is 224 g/mol. The Morgan fingerprint density at radius 1 is 1.17 bits per heavy atom. The maximum Gasteiger partial charge on any atom is 0.330 e. The van der Waals surface area contributed by atoms with Crippen molar-refractivity contribution in [3.05, 3.63) is 11.6 Å². The maximum absolute atomic E-state index is 11.6. The van der Waals surface area contributed by atoms with E-state index < -0.39 is 0 Å². The lowest BCUT2D eigenvalue weighted by Gasteiger charge is -2.35. The van der Waals surface area contributed by atoms with Gasteiger partial charge < -0.3 is 4.74 Å². The Morgan fingerprint density at radius 3 is 2.61 bits per heavy atom. The van der Waals surface area contributed by atoms with E-state index >= 15 is 0 Å². The highest BCUT2D eigenvalue weighted by molar-refractivity contribution is 5.82. The first-order valence-corrected chi connectivity index (χ1v) is 7.68. The van der Waals surface area contributed by atoms with Gasteiger partial charge in [0.25, 0.3) is 0 Å². The number of carbonyl (C=O) groups is 1. The van der Waals surface area contributed by atoms with Gasteiger partial charge in [0.2, 0.25) is 0 Å². The third kappa shape index (κ3) is 3.60. The van der Waals surface area contributed by atoms with Crippen molar-refractivity contribution in [3.63, 3.8) is 0 Å². The molecule has 2 nitrogen and oxygen atoms in total. The Balaban J connectivity index is 2.02. The molecule has 1 unspecified atom stereocenters. The van der Waals surface area contributed by atoms with E-state index in [1.54, 1.807) is 0 Å². The van der Waals surface area contributed by atoms with Crippen LogP contribution in [0.4, 0.5) is 0 Å². The van der Waals surface area contributed by atoms with Gasteiger partial charge in [-0.2, -0.15) is 0 Å². The molecule has 2 heteroatoms. The lowest BCUT2D eigenvalue weighted by molar-refractivity contribution is -0.137. The molecule has 0 radical (unpaired) electrons. The number of hydrogen-bond donors (Lipinski definition) is 0. The second-order valence-corrected chi connectivity index (χ2v) is 5.72. The van der Waals surface area contributed by atoms with Crippen molar-refractivity contribution in [1.29, 1.82) is 0 Å². The fourth-order valence-electron chi connectivity index (χ4n) is 3.65. The van der Waals surface area contributed by atoms with Gasteiger partial charge in [-0.1, -0.05) is 31.3 Å².